The summed E-state index contributed by atoms with van der Waals surface area (Å²) in [7, 11) is -4.81. The van der Waals surface area contributed by atoms with Gasteiger partial charge in [-0.3, -0.25) is 10.6 Å². The van der Waals surface area contributed by atoms with E-state index in [9.17, 15) is 13.0 Å². The molecule has 108 valence electrons. The molecule has 0 rings (SSSR count). The zero-order valence-corrected chi connectivity index (χ0v) is 12.5. The molecule has 18 heavy (non-hydrogen) atoms. The van der Waals surface area contributed by atoms with Crippen LogP contribution in [0.2, 0.25) is 0 Å². The quantitative estimate of drug-likeness (QED) is 0.186. The van der Waals surface area contributed by atoms with Crippen molar-refractivity contribution in [1.82, 2.24) is 10.6 Å². The van der Waals surface area contributed by atoms with Crippen molar-refractivity contribution in [2.45, 2.75) is 59.7 Å². The Bertz CT molecular complexity index is 376. The van der Waals surface area contributed by atoms with E-state index in [-0.39, 0.29) is 18.1 Å². The highest BCUT2D eigenvalue weighted by molar-refractivity contribution is 7.80. The monoisotopic (exact) mass is 281 g/mol. The molecule has 0 aromatic heterocycles. The van der Waals surface area contributed by atoms with Crippen molar-refractivity contribution >= 4 is 16.4 Å². The Morgan fingerprint density at radius 1 is 1.06 bits per heavy atom. The van der Waals surface area contributed by atoms with Crippen LogP contribution >= 0.6 is 0 Å². The highest BCUT2D eigenvalue weighted by Crippen LogP contribution is 1.97. The number of hydroxylamine groups is 1. The second-order valence-electron chi connectivity index (χ2n) is 4.85. The van der Waals surface area contributed by atoms with Crippen molar-refractivity contribution in [3.05, 3.63) is 0 Å². The molecule has 0 spiro atoms. The molecule has 0 radical (unpaired) electrons. The fourth-order valence-electron chi connectivity index (χ4n) is 1.20. The number of guanidine groups is 1. The maximum absolute atomic E-state index is 10.7. The Morgan fingerprint density at radius 3 is 1.67 bits per heavy atom. The van der Waals surface area contributed by atoms with Crippen molar-refractivity contribution in [3.8, 4) is 0 Å². The van der Waals surface area contributed by atoms with Gasteiger partial charge in [0.1, 0.15) is 6.04 Å². The third-order valence-electron chi connectivity index (χ3n) is 1.71. The van der Waals surface area contributed by atoms with Gasteiger partial charge in [-0.05, 0) is 41.5 Å². The van der Waals surface area contributed by atoms with Crippen LogP contribution in [-0.4, -0.2) is 41.8 Å². The van der Waals surface area contributed by atoms with Crippen LogP contribution in [-0.2, 0) is 14.7 Å². The summed E-state index contributed by atoms with van der Waals surface area (Å²) in [6.07, 6.45) is 0. The molecule has 2 N–H and O–H groups in total. The van der Waals surface area contributed by atoms with E-state index in [1.165, 1.54) is 0 Å². The maximum Gasteiger partial charge on any atom is 0.384 e. The number of rotatable bonds is 5. The highest BCUT2D eigenvalue weighted by atomic mass is 32.3. The lowest BCUT2D eigenvalue weighted by Gasteiger charge is -2.19. The van der Waals surface area contributed by atoms with Crippen molar-refractivity contribution in [3.63, 3.8) is 0 Å². The standard InChI is InChI=1S/C10H23N3O4S/c1-7(2)11-10(12-8(3)4)13(9(5)6)17-18(14,15)16/h7-9H,1-6H3,(H2,11,12,14,15,16). The normalized spacial score (nSPS) is 11.9. The molecule has 0 heterocycles. The van der Waals surface area contributed by atoms with E-state index in [2.05, 4.69) is 14.9 Å². The first-order chi connectivity index (χ1) is 8.03. The molecule has 0 aliphatic rings. The first-order valence-corrected chi connectivity index (χ1v) is 7.21. The Kier molecular flexibility index (Phi) is 6.41. The van der Waals surface area contributed by atoms with E-state index < -0.39 is 10.4 Å². The summed E-state index contributed by atoms with van der Waals surface area (Å²) in [4.78, 5) is 0. The molecule has 0 aromatic carbocycles. The summed E-state index contributed by atoms with van der Waals surface area (Å²) in [5.41, 5.74) is 0. The van der Waals surface area contributed by atoms with E-state index in [4.69, 9.17) is 0 Å². The average Bonchev–Trinajstić information content (AvgIpc) is 2.09. The molecule has 0 bridgehead atoms. The Hall–Kier alpha value is -1.02. The lowest BCUT2D eigenvalue weighted by atomic mass is 10.3. The summed E-state index contributed by atoms with van der Waals surface area (Å²) in [6.45, 7) is 11.0. The average molecular weight is 281 g/mol. The zero-order chi connectivity index (χ0) is 14.5. The van der Waals surface area contributed by atoms with Crippen molar-refractivity contribution in [2.24, 2.45) is 0 Å². The summed E-state index contributed by atoms with van der Waals surface area (Å²) >= 11 is 0. The minimum Gasteiger partial charge on any atom is -0.713 e. The lowest BCUT2D eigenvalue weighted by Crippen LogP contribution is -2.51. The van der Waals surface area contributed by atoms with Crippen LogP contribution in [0.5, 0.6) is 0 Å². The van der Waals surface area contributed by atoms with Gasteiger partial charge in [-0.1, -0.05) is 4.74 Å². The minimum absolute atomic E-state index is 0.0606. The van der Waals surface area contributed by atoms with Gasteiger partial charge < -0.3 is 4.55 Å². The van der Waals surface area contributed by atoms with Gasteiger partial charge in [-0.2, -0.15) is 8.42 Å². The van der Waals surface area contributed by atoms with Gasteiger partial charge in [0.05, 0.1) is 12.1 Å². The Morgan fingerprint density at radius 2 is 1.44 bits per heavy atom. The van der Waals surface area contributed by atoms with E-state index >= 15 is 0 Å². The second-order valence-corrected chi connectivity index (χ2v) is 5.81. The topological polar surface area (TPSA) is 93.5 Å². The molecule has 0 atom stereocenters. The third-order valence-corrected chi connectivity index (χ3v) is 2.05. The number of nitrogens with one attached hydrogen (secondary N) is 2. The van der Waals surface area contributed by atoms with Gasteiger partial charge in [0.25, 0.3) is 10.4 Å². The fraction of sp³-hybridized carbons (Fsp3) is 0.900. The van der Waals surface area contributed by atoms with Crippen LogP contribution in [0.4, 0.5) is 0 Å². The van der Waals surface area contributed by atoms with Crippen molar-refractivity contribution in [2.75, 3.05) is 0 Å². The van der Waals surface area contributed by atoms with E-state index in [0.29, 0.717) is 5.96 Å². The number of hydrogen-bond donors (Lipinski definition) is 2. The van der Waals surface area contributed by atoms with E-state index in [1.807, 2.05) is 27.7 Å². The SMILES string of the molecule is CC(C)NC(NC(C)C)=[N+](OS(=O)(=O)[O-])C(C)C. The van der Waals surface area contributed by atoms with Crippen LogP contribution in [0.3, 0.4) is 0 Å². The number of nitrogens with zero attached hydrogens (tertiary/aromatic N) is 1. The summed E-state index contributed by atoms with van der Waals surface area (Å²) in [5.74, 6) is 0.356. The molecule has 8 heteroatoms. The predicted octanol–water partition coefficient (Wildman–Crippen LogP) is 0.151. The molecule has 0 saturated heterocycles. The molecule has 0 aliphatic carbocycles. The van der Waals surface area contributed by atoms with Gasteiger partial charge in [0.2, 0.25) is 0 Å². The molecule has 0 aromatic rings. The molecular formula is C10H23N3O4S. The Labute approximate surface area is 109 Å². The molecule has 0 aliphatic heterocycles. The van der Waals surface area contributed by atoms with Crippen LogP contribution in [0.25, 0.3) is 0 Å². The second kappa shape index (κ2) is 6.79. The molecule has 7 nitrogen and oxygen atoms in total. The van der Waals surface area contributed by atoms with Crippen molar-refractivity contribution in [1.29, 1.82) is 0 Å². The largest absolute Gasteiger partial charge is 0.713 e. The first kappa shape index (κ1) is 17.0. The van der Waals surface area contributed by atoms with E-state index in [1.54, 1.807) is 13.8 Å². The van der Waals surface area contributed by atoms with Crippen molar-refractivity contribution < 1.29 is 22.0 Å². The zero-order valence-electron chi connectivity index (χ0n) is 11.7. The first-order valence-electron chi connectivity index (χ1n) is 5.87. The fourth-order valence-corrected chi connectivity index (χ4v) is 1.64. The summed E-state index contributed by atoms with van der Waals surface area (Å²) < 4.78 is 37.7. The van der Waals surface area contributed by atoms with Gasteiger partial charge in [0.15, 0.2) is 0 Å². The summed E-state index contributed by atoms with van der Waals surface area (Å²) in [5, 5.41) is 6.04. The smallest absolute Gasteiger partial charge is 0.384 e. The van der Waals surface area contributed by atoms with E-state index in [0.717, 1.165) is 4.74 Å². The Balaban J connectivity index is 5.39. The predicted molar refractivity (Wildman–Crippen MR) is 67.7 cm³/mol. The van der Waals surface area contributed by atoms with Gasteiger partial charge >= 0.3 is 5.96 Å². The van der Waals surface area contributed by atoms with Crippen LogP contribution in [0.15, 0.2) is 0 Å². The molecule has 0 saturated carbocycles. The highest BCUT2D eigenvalue weighted by Gasteiger charge is 2.21. The molecule has 0 unspecified atom stereocenters. The minimum atomic E-state index is -4.81. The lowest BCUT2D eigenvalue weighted by molar-refractivity contribution is -0.770. The van der Waals surface area contributed by atoms with Crippen LogP contribution in [0, 0.1) is 0 Å². The van der Waals surface area contributed by atoms with Crippen LogP contribution < -0.4 is 10.6 Å². The van der Waals surface area contributed by atoms with Gasteiger partial charge in [0, 0.05) is 0 Å². The molecular weight excluding hydrogens is 258 g/mol. The number of hydrogen-bond acceptors (Lipinski definition) is 4. The van der Waals surface area contributed by atoms with Gasteiger partial charge in [-0.15, -0.1) is 0 Å². The van der Waals surface area contributed by atoms with Gasteiger partial charge in [-0.25, -0.2) is 4.28 Å². The summed E-state index contributed by atoms with van der Waals surface area (Å²) in [6, 6.07) is -0.197. The molecule has 0 amide bonds. The van der Waals surface area contributed by atoms with Crippen LogP contribution in [0.1, 0.15) is 41.5 Å². The molecule has 0 fully saturated rings. The maximum atomic E-state index is 10.7. The third kappa shape index (κ3) is 7.33.